The number of carbonyl (C=O) groups is 2. The Morgan fingerprint density at radius 1 is 1.07 bits per heavy atom. The van der Waals surface area contributed by atoms with Crippen LogP contribution in [0, 0.1) is 5.92 Å². The number of nitrogens with two attached hydrogens (primary N) is 1. The molecule has 0 aromatic carbocycles. The number of likely N-dealkylation sites (N-methyl/N-ethyl adjacent to an activating group) is 1. The largest absolute Gasteiger partial charge is 0.468 e. The van der Waals surface area contributed by atoms with Crippen molar-refractivity contribution in [2.24, 2.45) is 11.7 Å². The fourth-order valence-corrected chi connectivity index (χ4v) is 5.91. The lowest BCUT2D eigenvalue weighted by atomic mass is 9.80. The van der Waals surface area contributed by atoms with Gasteiger partial charge in [0.05, 0.1) is 36.6 Å². The molecule has 3 rings (SSSR count). The van der Waals surface area contributed by atoms with Crippen molar-refractivity contribution in [3.8, 4) is 0 Å². The van der Waals surface area contributed by atoms with E-state index in [4.69, 9.17) is 34.2 Å². The van der Waals surface area contributed by atoms with Crippen LogP contribution in [0.15, 0.2) is 11.8 Å². The minimum absolute atomic E-state index is 0.274. The Balaban J connectivity index is 1.84. The summed E-state index contributed by atoms with van der Waals surface area (Å²) in [6.45, 7) is 15.3. The van der Waals surface area contributed by atoms with E-state index in [1.807, 2.05) is 19.9 Å². The maximum absolute atomic E-state index is 12.9. The summed E-state index contributed by atoms with van der Waals surface area (Å²) in [5.41, 5.74) is 3.11. The number of alkyl carbamates (subject to hydrolysis) is 1. The Hall–Kier alpha value is -2.20. The number of ether oxygens (including phenoxy) is 6. The molecular formula is C31H55N3O11. The minimum Gasteiger partial charge on any atom is -0.468 e. The lowest BCUT2D eigenvalue weighted by molar-refractivity contribution is -0.314. The number of hydrogen-bond donors (Lipinski definition) is 5. The van der Waals surface area contributed by atoms with Gasteiger partial charge in [-0.05, 0) is 73.3 Å². The maximum Gasteiger partial charge on any atom is 0.410 e. The van der Waals surface area contributed by atoms with Gasteiger partial charge >= 0.3 is 12.2 Å². The van der Waals surface area contributed by atoms with E-state index in [1.54, 1.807) is 41.5 Å². The molecule has 45 heavy (non-hydrogen) atoms. The second-order valence-corrected chi connectivity index (χ2v) is 14.6. The van der Waals surface area contributed by atoms with Crippen molar-refractivity contribution in [2.75, 3.05) is 13.7 Å². The van der Waals surface area contributed by atoms with Gasteiger partial charge in [0.2, 0.25) is 6.29 Å². The van der Waals surface area contributed by atoms with Gasteiger partial charge in [-0.2, -0.15) is 0 Å². The van der Waals surface area contributed by atoms with E-state index in [9.17, 15) is 24.9 Å². The molecule has 0 bridgehead atoms. The van der Waals surface area contributed by atoms with E-state index in [2.05, 4.69) is 5.32 Å². The molecule has 2 fully saturated rings. The maximum atomic E-state index is 12.9. The molecule has 260 valence electrons. The van der Waals surface area contributed by atoms with Crippen LogP contribution in [-0.2, 0) is 28.4 Å². The summed E-state index contributed by atoms with van der Waals surface area (Å²) in [6, 6.07) is -2.40. The van der Waals surface area contributed by atoms with Crippen LogP contribution >= 0.6 is 0 Å². The van der Waals surface area contributed by atoms with Gasteiger partial charge < -0.3 is 59.7 Å². The molecule has 2 amide bonds. The van der Waals surface area contributed by atoms with Crippen LogP contribution in [0.1, 0.15) is 81.6 Å². The van der Waals surface area contributed by atoms with E-state index < -0.39 is 84.1 Å². The lowest BCUT2D eigenvalue weighted by Gasteiger charge is -2.50. The number of amides is 2. The SMILES string of the molecule is CCC1=CCC(N)C(OC2C(NC(=O)OC(C)(C)C)CC(C)C(OC3OCC(C)(O)C(N(C)C(=O)OC(C)(C)C)C3O)C2O)O1. The van der Waals surface area contributed by atoms with E-state index in [-0.39, 0.29) is 12.5 Å². The van der Waals surface area contributed by atoms with Crippen molar-refractivity contribution < 1.29 is 53.3 Å². The molecule has 0 radical (unpaired) electrons. The van der Waals surface area contributed by atoms with Crippen LogP contribution in [-0.4, -0.2) is 118 Å². The molecule has 11 atom stereocenters. The molecule has 1 saturated carbocycles. The molecule has 14 nitrogen and oxygen atoms in total. The summed E-state index contributed by atoms with van der Waals surface area (Å²) in [6.07, 6.45) is -5.20. The van der Waals surface area contributed by atoms with Crippen LogP contribution in [0.25, 0.3) is 0 Å². The van der Waals surface area contributed by atoms with Gasteiger partial charge in [0.15, 0.2) is 6.29 Å². The van der Waals surface area contributed by atoms with Crippen molar-refractivity contribution in [2.45, 2.75) is 154 Å². The summed E-state index contributed by atoms with van der Waals surface area (Å²) in [5, 5.41) is 37.1. The molecule has 14 heteroatoms. The molecule has 2 aliphatic heterocycles. The predicted octanol–water partition coefficient (Wildman–Crippen LogP) is 2.12. The first-order chi connectivity index (χ1) is 20.6. The zero-order chi connectivity index (χ0) is 34.1. The minimum atomic E-state index is -1.64. The number of hydrogen-bond acceptors (Lipinski definition) is 12. The van der Waals surface area contributed by atoms with Crippen molar-refractivity contribution in [3.63, 3.8) is 0 Å². The average Bonchev–Trinajstić information content (AvgIpc) is 2.88. The summed E-state index contributed by atoms with van der Waals surface area (Å²) in [7, 11) is 1.42. The smallest absolute Gasteiger partial charge is 0.410 e. The van der Waals surface area contributed by atoms with Crippen molar-refractivity contribution in [1.82, 2.24) is 10.2 Å². The van der Waals surface area contributed by atoms with Gasteiger partial charge in [-0.15, -0.1) is 0 Å². The number of aliphatic hydroxyl groups excluding tert-OH is 2. The topological polar surface area (TPSA) is 191 Å². The molecule has 6 N–H and O–H groups in total. The van der Waals surface area contributed by atoms with E-state index in [1.165, 1.54) is 14.0 Å². The summed E-state index contributed by atoms with van der Waals surface area (Å²) < 4.78 is 35.2. The highest BCUT2D eigenvalue weighted by molar-refractivity contribution is 5.69. The third kappa shape index (κ3) is 9.66. The third-order valence-electron chi connectivity index (χ3n) is 8.00. The highest BCUT2D eigenvalue weighted by atomic mass is 16.7. The van der Waals surface area contributed by atoms with Gasteiger partial charge in [0, 0.05) is 13.5 Å². The summed E-state index contributed by atoms with van der Waals surface area (Å²) >= 11 is 0. The van der Waals surface area contributed by atoms with E-state index in [0.717, 1.165) is 4.90 Å². The Morgan fingerprint density at radius 3 is 2.24 bits per heavy atom. The van der Waals surface area contributed by atoms with E-state index >= 15 is 0 Å². The summed E-state index contributed by atoms with van der Waals surface area (Å²) in [5.74, 6) is 0.322. The Kier molecular flexibility index (Phi) is 11.8. The summed E-state index contributed by atoms with van der Waals surface area (Å²) in [4.78, 5) is 26.8. The molecule has 1 saturated heterocycles. The number of carbonyl (C=O) groups excluding carboxylic acids is 2. The Morgan fingerprint density at radius 2 is 1.67 bits per heavy atom. The standard InChI is InChI=1S/C31H55N3O11/c1-11-17-12-13-18(32)25(41-17)43-23-19(33-27(37)44-29(3,4)5)14-16(2)22(20(23)35)42-26-21(36)24(31(9,39)15-40-26)34(10)28(38)45-30(6,7)8/h12,16,18-26,35-36,39H,11,13-15,32H2,1-10H3,(H,33,37). The fourth-order valence-electron chi connectivity index (χ4n) is 5.91. The zero-order valence-electron chi connectivity index (χ0n) is 28.3. The lowest BCUT2D eigenvalue weighted by Crippen LogP contribution is -2.68. The third-order valence-corrected chi connectivity index (χ3v) is 8.00. The number of aliphatic hydroxyl groups is 3. The molecule has 0 aromatic heterocycles. The second kappa shape index (κ2) is 14.3. The second-order valence-electron chi connectivity index (χ2n) is 14.6. The van der Waals surface area contributed by atoms with Gasteiger partial charge in [0.1, 0.15) is 35.1 Å². The average molecular weight is 646 g/mol. The molecule has 2 heterocycles. The quantitative estimate of drug-likeness (QED) is 0.271. The first kappa shape index (κ1) is 37.3. The number of allylic oxidation sites excluding steroid dienone is 1. The number of nitrogens with one attached hydrogen (secondary N) is 1. The normalized spacial score (nSPS) is 37.6. The molecule has 3 aliphatic rings. The first-order valence-electron chi connectivity index (χ1n) is 15.7. The van der Waals surface area contributed by atoms with Gasteiger partial charge in [-0.3, -0.25) is 0 Å². The van der Waals surface area contributed by atoms with Crippen LogP contribution in [0.2, 0.25) is 0 Å². The monoisotopic (exact) mass is 645 g/mol. The highest BCUT2D eigenvalue weighted by Gasteiger charge is 2.54. The Labute approximate surface area is 266 Å². The zero-order valence-corrected chi connectivity index (χ0v) is 28.3. The van der Waals surface area contributed by atoms with Gasteiger partial charge in [-0.1, -0.05) is 13.8 Å². The Bertz CT molecular complexity index is 1060. The first-order valence-corrected chi connectivity index (χ1v) is 15.7. The van der Waals surface area contributed by atoms with E-state index in [0.29, 0.717) is 25.0 Å². The molecule has 11 unspecified atom stereocenters. The fraction of sp³-hybridized carbons (Fsp3) is 0.871. The predicted molar refractivity (Wildman–Crippen MR) is 163 cm³/mol. The van der Waals surface area contributed by atoms with Crippen LogP contribution in [0.5, 0.6) is 0 Å². The molecule has 0 aromatic rings. The highest BCUT2D eigenvalue weighted by Crippen LogP contribution is 2.36. The van der Waals surface area contributed by atoms with Crippen molar-refractivity contribution in [3.05, 3.63) is 11.8 Å². The number of rotatable bonds is 7. The molecule has 0 spiro atoms. The van der Waals surface area contributed by atoms with Gasteiger partial charge in [0.25, 0.3) is 0 Å². The van der Waals surface area contributed by atoms with Gasteiger partial charge in [-0.25, -0.2) is 9.59 Å². The number of nitrogens with zero attached hydrogens (tertiary/aromatic N) is 1. The van der Waals surface area contributed by atoms with Crippen molar-refractivity contribution >= 4 is 12.2 Å². The van der Waals surface area contributed by atoms with Crippen LogP contribution in [0.3, 0.4) is 0 Å². The molecule has 1 aliphatic carbocycles. The van der Waals surface area contributed by atoms with Crippen molar-refractivity contribution in [1.29, 1.82) is 0 Å². The van der Waals surface area contributed by atoms with Crippen LogP contribution < -0.4 is 11.1 Å². The van der Waals surface area contributed by atoms with Crippen LogP contribution in [0.4, 0.5) is 9.59 Å². The molecular weight excluding hydrogens is 590 g/mol.